The van der Waals surface area contributed by atoms with Crippen LogP contribution in [0.2, 0.25) is 0 Å². The first-order valence-corrected chi connectivity index (χ1v) is 5.85. The van der Waals surface area contributed by atoms with Gasteiger partial charge in [0.1, 0.15) is 0 Å². The molecule has 4 heteroatoms. The largest absolute Gasteiger partial charge is 0.399 e. The van der Waals surface area contributed by atoms with Gasteiger partial charge in [-0.15, -0.1) is 11.6 Å². The fourth-order valence-corrected chi connectivity index (χ4v) is 2.19. The predicted molar refractivity (Wildman–Crippen MR) is 65.4 cm³/mol. The fraction of sp³-hybridized carbons (Fsp3) is 0.417. The highest BCUT2D eigenvalue weighted by Gasteiger charge is 2.27. The number of nitrogens with two attached hydrogens (primary N) is 1. The molecule has 2 rings (SSSR count). The van der Waals surface area contributed by atoms with Gasteiger partial charge in [-0.25, -0.2) is 0 Å². The number of anilines is 1. The number of hydrogen-bond donors (Lipinski definition) is 1. The van der Waals surface area contributed by atoms with E-state index in [0.717, 1.165) is 18.7 Å². The van der Waals surface area contributed by atoms with Gasteiger partial charge in [-0.2, -0.15) is 0 Å². The summed E-state index contributed by atoms with van der Waals surface area (Å²) in [7, 11) is 0. The van der Waals surface area contributed by atoms with Crippen molar-refractivity contribution in [2.24, 2.45) is 0 Å². The summed E-state index contributed by atoms with van der Waals surface area (Å²) in [6, 6.07) is 7.75. The molecule has 0 spiro atoms. The van der Waals surface area contributed by atoms with Crippen molar-refractivity contribution in [2.45, 2.75) is 18.2 Å². The minimum absolute atomic E-state index is 0.0149. The standard InChI is InChI=1S/C12H15ClN2O/c13-10-7-12(16)15(8-10)6-5-9-1-3-11(14)4-2-9/h1-4,10H,5-8,14H2. The zero-order valence-corrected chi connectivity index (χ0v) is 9.78. The summed E-state index contributed by atoms with van der Waals surface area (Å²) in [5.74, 6) is 0.162. The Kier molecular flexibility index (Phi) is 3.34. The number of nitrogen functional groups attached to an aromatic ring is 1. The molecule has 1 saturated heterocycles. The molecule has 1 aliphatic heterocycles. The van der Waals surface area contributed by atoms with Gasteiger partial charge < -0.3 is 10.6 Å². The van der Waals surface area contributed by atoms with Crippen LogP contribution in [0.4, 0.5) is 5.69 Å². The van der Waals surface area contributed by atoms with Crippen LogP contribution in [-0.4, -0.2) is 29.3 Å². The Morgan fingerprint density at radius 2 is 2.06 bits per heavy atom. The van der Waals surface area contributed by atoms with Crippen LogP contribution < -0.4 is 5.73 Å². The maximum atomic E-state index is 11.5. The second kappa shape index (κ2) is 4.74. The van der Waals surface area contributed by atoms with Crippen LogP contribution >= 0.6 is 11.6 Å². The predicted octanol–water partition coefficient (Wildman–Crippen LogP) is 1.65. The molecule has 1 amide bonds. The summed E-state index contributed by atoms with van der Waals surface area (Å²) in [4.78, 5) is 13.3. The molecular formula is C12H15ClN2O. The molecule has 16 heavy (non-hydrogen) atoms. The van der Waals surface area contributed by atoms with Gasteiger partial charge in [0, 0.05) is 25.2 Å². The number of hydrogen-bond acceptors (Lipinski definition) is 2. The lowest BCUT2D eigenvalue weighted by Gasteiger charge is -2.15. The molecule has 1 unspecified atom stereocenters. The number of alkyl halides is 1. The Morgan fingerprint density at radius 3 is 2.62 bits per heavy atom. The normalized spacial score (nSPS) is 20.4. The maximum Gasteiger partial charge on any atom is 0.224 e. The Hall–Kier alpha value is -1.22. The second-order valence-corrected chi connectivity index (χ2v) is 4.75. The number of carbonyl (C=O) groups excluding carboxylic acids is 1. The number of rotatable bonds is 3. The van der Waals surface area contributed by atoms with E-state index >= 15 is 0 Å². The lowest BCUT2D eigenvalue weighted by Crippen LogP contribution is -2.27. The highest BCUT2D eigenvalue weighted by Crippen LogP contribution is 2.16. The van der Waals surface area contributed by atoms with Crippen LogP contribution in [0.3, 0.4) is 0 Å². The molecule has 1 aromatic rings. The summed E-state index contributed by atoms with van der Waals surface area (Å²) in [6.45, 7) is 1.42. The van der Waals surface area contributed by atoms with Crippen molar-refractivity contribution in [1.29, 1.82) is 0 Å². The Bertz CT molecular complexity index is 377. The Labute approximate surface area is 100 Å². The second-order valence-electron chi connectivity index (χ2n) is 4.13. The zero-order valence-electron chi connectivity index (χ0n) is 9.03. The van der Waals surface area contributed by atoms with E-state index in [9.17, 15) is 4.79 Å². The molecule has 0 aromatic heterocycles. The van der Waals surface area contributed by atoms with E-state index in [0.29, 0.717) is 13.0 Å². The van der Waals surface area contributed by atoms with Crippen molar-refractivity contribution in [1.82, 2.24) is 4.90 Å². The third kappa shape index (κ3) is 2.67. The minimum Gasteiger partial charge on any atom is -0.399 e. The van der Waals surface area contributed by atoms with Crippen LogP contribution in [0, 0.1) is 0 Å². The lowest BCUT2D eigenvalue weighted by atomic mass is 10.1. The first-order chi connectivity index (χ1) is 7.65. The van der Waals surface area contributed by atoms with Gasteiger partial charge in [-0.3, -0.25) is 4.79 Å². The molecule has 1 aromatic carbocycles. The van der Waals surface area contributed by atoms with Crippen molar-refractivity contribution in [3.05, 3.63) is 29.8 Å². The summed E-state index contributed by atoms with van der Waals surface area (Å²) in [6.07, 6.45) is 1.33. The number of nitrogens with zero attached hydrogens (tertiary/aromatic N) is 1. The number of halogens is 1. The molecule has 0 aliphatic carbocycles. The van der Waals surface area contributed by atoms with E-state index < -0.39 is 0 Å². The van der Waals surface area contributed by atoms with Crippen LogP contribution in [0.15, 0.2) is 24.3 Å². The minimum atomic E-state index is -0.0149. The fourth-order valence-electron chi connectivity index (χ4n) is 1.89. The maximum absolute atomic E-state index is 11.5. The summed E-state index contributed by atoms with van der Waals surface area (Å²) in [5, 5.41) is -0.0149. The topological polar surface area (TPSA) is 46.3 Å². The smallest absolute Gasteiger partial charge is 0.224 e. The van der Waals surface area contributed by atoms with Crippen LogP contribution in [0.25, 0.3) is 0 Å². The van der Waals surface area contributed by atoms with E-state index in [2.05, 4.69) is 0 Å². The average Bonchev–Trinajstić information content (AvgIpc) is 2.57. The third-order valence-corrected chi connectivity index (χ3v) is 3.11. The summed E-state index contributed by atoms with van der Waals surface area (Å²) in [5.41, 5.74) is 7.56. The van der Waals surface area contributed by atoms with E-state index in [1.165, 1.54) is 5.56 Å². The Morgan fingerprint density at radius 1 is 1.38 bits per heavy atom. The van der Waals surface area contributed by atoms with Crippen LogP contribution in [0.1, 0.15) is 12.0 Å². The summed E-state index contributed by atoms with van der Waals surface area (Å²) < 4.78 is 0. The third-order valence-electron chi connectivity index (χ3n) is 2.82. The Balaban J connectivity index is 1.88. The molecule has 0 saturated carbocycles. The van der Waals surface area contributed by atoms with Crippen molar-refractivity contribution >= 4 is 23.2 Å². The van der Waals surface area contributed by atoms with Gasteiger partial charge in [-0.1, -0.05) is 12.1 Å². The SMILES string of the molecule is Nc1ccc(CCN2CC(Cl)CC2=O)cc1. The van der Waals surface area contributed by atoms with Gasteiger partial charge in [0.05, 0.1) is 5.38 Å². The van der Waals surface area contributed by atoms with Crippen molar-refractivity contribution in [3.8, 4) is 0 Å². The molecule has 0 bridgehead atoms. The van der Waals surface area contributed by atoms with Crippen LogP contribution in [0.5, 0.6) is 0 Å². The van der Waals surface area contributed by atoms with Gasteiger partial charge >= 0.3 is 0 Å². The highest BCUT2D eigenvalue weighted by atomic mass is 35.5. The first kappa shape index (κ1) is 11.3. The van der Waals surface area contributed by atoms with Gasteiger partial charge in [0.2, 0.25) is 5.91 Å². The quantitative estimate of drug-likeness (QED) is 0.643. The van der Waals surface area contributed by atoms with E-state index in [1.54, 1.807) is 0 Å². The van der Waals surface area contributed by atoms with E-state index in [-0.39, 0.29) is 11.3 Å². The molecule has 1 fully saturated rings. The van der Waals surface area contributed by atoms with Crippen molar-refractivity contribution in [3.63, 3.8) is 0 Å². The summed E-state index contributed by atoms with van der Waals surface area (Å²) >= 11 is 5.93. The van der Waals surface area contributed by atoms with Gasteiger partial charge in [0.25, 0.3) is 0 Å². The number of benzene rings is 1. The first-order valence-electron chi connectivity index (χ1n) is 5.41. The number of carbonyl (C=O) groups is 1. The monoisotopic (exact) mass is 238 g/mol. The van der Waals surface area contributed by atoms with Crippen LogP contribution in [-0.2, 0) is 11.2 Å². The molecular weight excluding hydrogens is 224 g/mol. The number of likely N-dealkylation sites (tertiary alicyclic amines) is 1. The van der Waals surface area contributed by atoms with Gasteiger partial charge in [0.15, 0.2) is 0 Å². The molecule has 1 heterocycles. The van der Waals surface area contributed by atoms with Crippen molar-refractivity contribution in [2.75, 3.05) is 18.8 Å². The van der Waals surface area contributed by atoms with Gasteiger partial charge in [-0.05, 0) is 24.1 Å². The van der Waals surface area contributed by atoms with E-state index in [1.807, 2.05) is 29.2 Å². The van der Waals surface area contributed by atoms with Crippen molar-refractivity contribution < 1.29 is 4.79 Å². The average molecular weight is 239 g/mol. The lowest BCUT2D eigenvalue weighted by molar-refractivity contribution is -0.127. The number of amides is 1. The molecule has 3 nitrogen and oxygen atoms in total. The molecule has 1 atom stereocenters. The zero-order chi connectivity index (χ0) is 11.5. The molecule has 86 valence electrons. The molecule has 0 radical (unpaired) electrons. The molecule has 2 N–H and O–H groups in total. The van der Waals surface area contributed by atoms with E-state index in [4.69, 9.17) is 17.3 Å². The highest BCUT2D eigenvalue weighted by molar-refractivity contribution is 6.22. The molecule has 1 aliphatic rings.